The van der Waals surface area contributed by atoms with E-state index < -0.39 is 23.8 Å². The SMILES string of the molecule is CCOC(=O)c1c(NC(=O)C(=O)NN=Cc2ccccc2OC(=O)c2cccc(Cl)c2)sc2c1CCCCC2. The fraction of sp³-hybridized carbons (Fsp3) is 0.250. The zero-order valence-electron chi connectivity index (χ0n) is 21.1. The molecule has 0 saturated heterocycles. The first-order valence-electron chi connectivity index (χ1n) is 12.4. The number of anilines is 1. The summed E-state index contributed by atoms with van der Waals surface area (Å²) in [7, 11) is 0. The first-order valence-corrected chi connectivity index (χ1v) is 13.6. The predicted octanol–water partition coefficient (Wildman–Crippen LogP) is 5.16. The van der Waals surface area contributed by atoms with E-state index in [2.05, 4.69) is 15.8 Å². The lowest BCUT2D eigenvalue weighted by Crippen LogP contribution is -2.32. The molecule has 0 unspecified atom stereocenters. The van der Waals surface area contributed by atoms with Crippen LogP contribution in [0.1, 0.15) is 62.9 Å². The maximum atomic E-state index is 12.7. The number of benzene rings is 2. The van der Waals surface area contributed by atoms with E-state index >= 15 is 0 Å². The quantitative estimate of drug-likeness (QED) is 0.102. The Morgan fingerprint density at radius 2 is 1.79 bits per heavy atom. The van der Waals surface area contributed by atoms with E-state index in [0.717, 1.165) is 36.1 Å². The summed E-state index contributed by atoms with van der Waals surface area (Å²) in [5.74, 6) is -2.94. The maximum Gasteiger partial charge on any atom is 0.343 e. The second-order valence-electron chi connectivity index (χ2n) is 8.58. The molecule has 1 aromatic heterocycles. The van der Waals surface area contributed by atoms with E-state index in [1.54, 1.807) is 49.4 Å². The van der Waals surface area contributed by atoms with Gasteiger partial charge in [-0.25, -0.2) is 15.0 Å². The molecule has 9 nitrogen and oxygen atoms in total. The minimum atomic E-state index is -1.03. The number of halogens is 1. The van der Waals surface area contributed by atoms with Crippen molar-refractivity contribution in [2.24, 2.45) is 5.10 Å². The summed E-state index contributed by atoms with van der Waals surface area (Å²) in [6.45, 7) is 1.91. The lowest BCUT2D eigenvalue weighted by Gasteiger charge is -2.08. The van der Waals surface area contributed by atoms with E-state index in [9.17, 15) is 19.2 Å². The number of hydrogen-bond donors (Lipinski definition) is 2. The van der Waals surface area contributed by atoms with Crippen LogP contribution in [0, 0.1) is 0 Å². The van der Waals surface area contributed by atoms with E-state index in [0.29, 0.717) is 27.6 Å². The van der Waals surface area contributed by atoms with Crippen molar-refractivity contribution in [2.45, 2.75) is 39.0 Å². The Kier molecular flexibility index (Phi) is 9.45. The molecular weight excluding hydrogens is 542 g/mol. The zero-order chi connectivity index (χ0) is 27.8. The lowest BCUT2D eigenvalue weighted by atomic mass is 10.1. The van der Waals surface area contributed by atoms with Crippen LogP contribution in [0.25, 0.3) is 0 Å². The number of fused-ring (bicyclic) bond motifs is 1. The molecule has 0 radical (unpaired) electrons. The first-order chi connectivity index (χ1) is 18.9. The van der Waals surface area contributed by atoms with E-state index in [1.165, 1.54) is 23.6 Å². The molecule has 0 saturated carbocycles. The Hall–Kier alpha value is -4.02. The van der Waals surface area contributed by atoms with Gasteiger partial charge in [0, 0.05) is 15.5 Å². The highest BCUT2D eigenvalue weighted by Crippen LogP contribution is 2.38. The molecule has 1 heterocycles. The molecule has 3 aromatic rings. The third-order valence-corrected chi connectivity index (χ3v) is 7.33. The van der Waals surface area contributed by atoms with Gasteiger partial charge in [-0.3, -0.25) is 9.59 Å². The predicted molar refractivity (Wildman–Crippen MR) is 149 cm³/mol. The van der Waals surface area contributed by atoms with E-state index in [4.69, 9.17) is 21.1 Å². The molecule has 39 heavy (non-hydrogen) atoms. The number of nitrogens with one attached hydrogen (secondary N) is 2. The van der Waals surface area contributed by atoms with Crippen LogP contribution >= 0.6 is 22.9 Å². The van der Waals surface area contributed by atoms with Crippen molar-refractivity contribution in [3.05, 3.63) is 80.7 Å². The molecule has 0 fully saturated rings. The molecule has 4 rings (SSSR count). The number of para-hydroxylation sites is 1. The van der Waals surface area contributed by atoms with Crippen LogP contribution in [-0.4, -0.2) is 36.6 Å². The third-order valence-electron chi connectivity index (χ3n) is 5.89. The molecule has 11 heteroatoms. The van der Waals surface area contributed by atoms with Crippen LogP contribution < -0.4 is 15.5 Å². The van der Waals surface area contributed by atoms with Crippen LogP contribution in [-0.2, 0) is 27.2 Å². The summed E-state index contributed by atoms with van der Waals surface area (Å²) < 4.78 is 10.7. The summed E-state index contributed by atoms with van der Waals surface area (Å²) in [5.41, 5.74) is 4.03. The van der Waals surface area contributed by atoms with Crippen LogP contribution in [0.4, 0.5) is 5.00 Å². The average molecular weight is 568 g/mol. The largest absolute Gasteiger partial charge is 0.462 e. The van der Waals surface area contributed by atoms with Gasteiger partial charge in [0.1, 0.15) is 10.8 Å². The molecule has 2 N–H and O–H groups in total. The normalized spacial score (nSPS) is 12.8. The summed E-state index contributed by atoms with van der Waals surface area (Å²) >= 11 is 7.24. The molecular formula is C28H26ClN3O6S. The van der Waals surface area contributed by atoms with E-state index in [-0.39, 0.29) is 17.9 Å². The van der Waals surface area contributed by atoms with Crippen molar-refractivity contribution >= 4 is 57.9 Å². The highest BCUT2D eigenvalue weighted by Gasteiger charge is 2.28. The highest BCUT2D eigenvalue weighted by molar-refractivity contribution is 7.17. The van der Waals surface area contributed by atoms with Gasteiger partial charge < -0.3 is 14.8 Å². The van der Waals surface area contributed by atoms with Gasteiger partial charge >= 0.3 is 23.8 Å². The average Bonchev–Trinajstić information content (AvgIpc) is 3.09. The minimum Gasteiger partial charge on any atom is -0.462 e. The number of hydrogen-bond acceptors (Lipinski definition) is 8. The number of hydrazone groups is 1. The number of esters is 2. The fourth-order valence-electron chi connectivity index (χ4n) is 4.08. The molecule has 0 bridgehead atoms. The Balaban J connectivity index is 1.43. The molecule has 2 aromatic carbocycles. The minimum absolute atomic E-state index is 0.196. The van der Waals surface area contributed by atoms with Crippen molar-refractivity contribution < 1.29 is 28.7 Å². The number of carbonyl (C=O) groups excluding carboxylic acids is 4. The van der Waals surface area contributed by atoms with Crippen LogP contribution in [0.2, 0.25) is 5.02 Å². The molecule has 0 aliphatic heterocycles. The third kappa shape index (κ3) is 7.10. The Morgan fingerprint density at radius 1 is 1.00 bits per heavy atom. The van der Waals surface area contributed by atoms with E-state index in [1.807, 2.05) is 0 Å². The van der Waals surface area contributed by atoms with Gasteiger partial charge in [0.05, 0.1) is 23.9 Å². The number of rotatable bonds is 7. The van der Waals surface area contributed by atoms with Crippen molar-refractivity contribution in [3.8, 4) is 5.75 Å². The maximum absolute atomic E-state index is 12.7. The fourth-order valence-corrected chi connectivity index (χ4v) is 5.54. The molecule has 2 amide bonds. The number of thiophene rings is 1. The van der Waals surface area contributed by atoms with Crippen LogP contribution in [0.15, 0.2) is 53.6 Å². The number of nitrogens with zero attached hydrogens (tertiary/aromatic N) is 1. The van der Waals surface area contributed by atoms with Gasteiger partial charge in [0.25, 0.3) is 0 Å². The molecule has 202 valence electrons. The highest BCUT2D eigenvalue weighted by atomic mass is 35.5. The molecule has 1 aliphatic rings. The summed E-state index contributed by atoms with van der Waals surface area (Å²) in [5, 5.41) is 7.08. The van der Waals surface area contributed by atoms with Gasteiger partial charge in [-0.15, -0.1) is 11.3 Å². The summed E-state index contributed by atoms with van der Waals surface area (Å²) in [6.07, 6.45) is 5.77. The van der Waals surface area contributed by atoms with Gasteiger partial charge in [0.2, 0.25) is 0 Å². The zero-order valence-corrected chi connectivity index (χ0v) is 22.7. The number of aryl methyl sites for hydroxylation is 1. The van der Waals surface area contributed by atoms with Crippen molar-refractivity contribution in [3.63, 3.8) is 0 Å². The summed E-state index contributed by atoms with van der Waals surface area (Å²) in [6, 6.07) is 12.9. The Bertz CT molecular complexity index is 1430. The van der Waals surface area contributed by atoms with Crippen LogP contribution in [0.5, 0.6) is 5.75 Å². The number of amides is 2. The number of ether oxygens (including phenoxy) is 2. The standard InChI is InChI=1S/C28H26ClN3O6S/c1-2-37-28(36)23-20-12-4-3-5-14-22(20)39-26(23)31-24(33)25(34)32-30-16-18-9-6-7-13-21(18)38-27(35)17-10-8-11-19(29)15-17/h6-11,13,15-16H,2-5,12,14H2,1H3,(H,31,33)(H,32,34). The molecule has 0 spiro atoms. The van der Waals surface area contributed by atoms with Crippen molar-refractivity contribution in [2.75, 3.05) is 11.9 Å². The monoisotopic (exact) mass is 567 g/mol. The van der Waals surface area contributed by atoms with Gasteiger partial charge in [-0.1, -0.05) is 36.2 Å². The molecule has 1 aliphatic carbocycles. The second kappa shape index (κ2) is 13.2. The van der Waals surface area contributed by atoms with Gasteiger partial charge in [-0.05, 0) is 68.5 Å². The smallest absolute Gasteiger partial charge is 0.343 e. The molecule has 0 atom stereocenters. The number of carbonyl (C=O) groups is 4. The Morgan fingerprint density at radius 3 is 2.59 bits per heavy atom. The first kappa shape index (κ1) is 28.0. The van der Waals surface area contributed by atoms with Crippen molar-refractivity contribution in [1.82, 2.24) is 5.43 Å². The summed E-state index contributed by atoms with van der Waals surface area (Å²) in [4.78, 5) is 51.3. The lowest BCUT2D eigenvalue weighted by molar-refractivity contribution is -0.136. The van der Waals surface area contributed by atoms with Crippen LogP contribution in [0.3, 0.4) is 0 Å². The Labute approximate surface area is 234 Å². The second-order valence-corrected chi connectivity index (χ2v) is 10.1. The van der Waals surface area contributed by atoms with Gasteiger partial charge in [-0.2, -0.15) is 5.10 Å². The topological polar surface area (TPSA) is 123 Å². The van der Waals surface area contributed by atoms with Crippen molar-refractivity contribution in [1.29, 1.82) is 0 Å². The van der Waals surface area contributed by atoms with Gasteiger partial charge in [0.15, 0.2) is 0 Å².